The highest BCUT2D eigenvalue weighted by Crippen LogP contribution is 2.33. The fourth-order valence-corrected chi connectivity index (χ4v) is 1.32. The van der Waals surface area contributed by atoms with Gasteiger partial charge < -0.3 is 10.6 Å². The van der Waals surface area contributed by atoms with E-state index in [2.05, 4.69) is 10.6 Å². The van der Waals surface area contributed by atoms with Gasteiger partial charge in [0.05, 0.1) is 6.04 Å². The zero-order valence-corrected chi connectivity index (χ0v) is 8.09. The maximum atomic E-state index is 11.4. The molecule has 1 saturated carbocycles. The summed E-state index contributed by atoms with van der Waals surface area (Å²) in [6.07, 6.45) is 3.18. The Morgan fingerprint density at radius 2 is 2.00 bits per heavy atom. The zero-order chi connectivity index (χ0) is 9.84. The molecule has 0 aliphatic heterocycles. The van der Waals surface area contributed by atoms with E-state index in [9.17, 15) is 9.59 Å². The number of carbonyl (C=O) groups is 2. The largest absolute Gasteiger partial charge is 0.353 e. The molecule has 1 rings (SSSR count). The molecule has 0 spiro atoms. The van der Waals surface area contributed by atoms with Crippen molar-refractivity contribution in [2.45, 2.75) is 25.3 Å². The van der Waals surface area contributed by atoms with E-state index in [4.69, 9.17) is 0 Å². The number of ketones is 1. The van der Waals surface area contributed by atoms with Crippen molar-refractivity contribution in [2.75, 3.05) is 14.1 Å². The van der Waals surface area contributed by atoms with Crippen LogP contribution in [0.5, 0.6) is 0 Å². The van der Waals surface area contributed by atoms with Crippen LogP contribution in [0.25, 0.3) is 0 Å². The molecule has 1 atom stereocenters. The van der Waals surface area contributed by atoms with Crippen molar-refractivity contribution in [1.82, 2.24) is 10.6 Å². The molecule has 13 heavy (non-hydrogen) atoms. The molecule has 1 aliphatic rings. The van der Waals surface area contributed by atoms with Gasteiger partial charge in [-0.3, -0.25) is 9.59 Å². The Morgan fingerprint density at radius 3 is 2.38 bits per heavy atom. The van der Waals surface area contributed by atoms with E-state index in [1.54, 1.807) is 7.05 Å². The standard InChI is InChI=1S/C9H16N2O2/c1-10-7(5-6-3-4-6)8(12)9(13)11-2/h6-7,10H,3-5H2,1-2H3,(H,11,13). The number of hydrogen-bond donors (Lipinski definition) is 2. The van der Waals surface area contributed by atoms with Crippen molar-refractivity contribution in [1.29, 1.82) is 0 Å². The van der Waals surface area contributed by atoms with Crippen LogP contribution >= 0.6 is 0 Å². The minimum Gasteiger partial charge on any atom is -0.353 e. The Kier molecular flexibility index (Phi) is 3.42. The van der Waals surface area contributed by atoms with Crippen LogP contribution in [0.2, 0.25) is 0 Å². The maximum absolute atomic E-state index is 11.4. The normalized spacial score (nSPS) is 18.0. The third-order valence-electron chi connectivity index (χ3n) is 2.38. The molecular formula is C9H16N2O2. The molecule has 1 aliphatic carbocycles. The van der Waals surface area contributed by atoms with Crippen molar-refractivity contribution in [2.24, 2.45) is 5.92 Å². The average molecular weight is 184 g/mol. The summed E-state index contributed by atoms with van der Waals surface area (Å²) >= 11 is 0. The van der Waals surface area contributed by atoms with Gasteiger partial charge >= 0.3 is 0 Å². The van der Waals surface area contributed by atoms with Gasteiger partial charge in [-0.05, 0) is 19.4 Å². The summed E-state index contributed by atoms with van der Waals surface area (Å²) in [5.41, 5.74) is 0. The number of likely N-dealkylation sites (N-methyl/N-ethyl adjacent to an activating group) is 2. The summed E-state index contributed by atoms with van der Waals surface area (Å²) in [5.74, 6) is -0.206. The van der Waals surface area contributed by atoms with Crippen molar-refractivity contribution in [3.05, 3.63) is 0 Å². The quantitative estimate of drug-likeness (QED) is 0.576. The summed E-state index contributed by atoms with van der Waals surface area (Å²) in [4.78, 5) is 22.4. The highest BCUT2D eigenvalue weighted by molar-refractivity contribution is 6.38. The smallest absolute Gasteiger partial charge is 0.288 e. The van der Waals surface area contributed by atoms with Gasteiger partial charge in [-0.1, -0.05) is 12.8 Å². The number of hydrogen-bond acceptors (Lipinski definition) is 3. The summed E-state index contributed by atoms with van der Waals surface area (Å²) < 4.78 is 0. The van der Waals surface area contributed by atoms with Gasteiger partial charge in [0.1, 0.15) is 0 Å². The second kappa shape index (κ2) is 4.37. The Morgan fingerprint density at radius 1 is 1.38 bits per heavy atom. The first-order chi connectivity index (χ1) is 6.19. The van der Waals surface area contributed by atoms with E-state index < -0.39 is 5.91 Å². The number of Topliss-reactive ketones (excluding diaryl/α,β-unsaturated/α-hetero) is 1. The fraction of sp³-hybridized carbons (Fsp3) is 0.778. The second-order valence-corrected chi connectivity index (χ2v) is 3.46. The topological polar surface area (TPSA) is 58.2 Å². The van der Waals surface area contributed by atoms with Crippen molar-refractivity contribution in [3.63, 3.8) is 0 Å². The molecule has 4 nitrogen and oxygen atoms in total. The van der Waals surface area contributed by atoms with Crippen LogP contribution in [-0.4, -0.2) is 31.8 Å². The van der Waals surface area contributed by atoms with E-state index in [0.29, 0.717) is 5.92 Å². The Bertz CT molecular complexity index is 212. The molecule has 1 amide bonds. The van der Waals surface area contributed by atoms with Crippen LogP contribution in [0.4, 0.5) is 0 Å². The first-order valence-corrected chi connectivity index (χ1v) is 4.62. The van der Waals surface area contributed by atoms with Gasteiger partial charge in [-0.25, -0.2) is 0 Å². The molecule has 74 valence electrons. The second-order valence-electron chi connectivity index (χ2n) is 3.46. The summed E-state index contributed by atoms with van der Waals surface area (Å²) in [7, 11) is 3.19. The number of carbonyl (C=O) groups excluding carboxylic acids is 2. The van der Waals surface area contributed by atoms with Gasteiger partial charge in [0.15, 0.2) is 0 Å². The number of nitrogens with one attached hydrogen (secondary N) is 2. The van der Waals surface area contributed by atoms with Crippen LogP contribution in [0, 0.1) is 5.92 Å². The predicted molar refractivity (Wildman–Crippen MR) is 49.3 cm³/mol. The highest BCUT2D eigenvalue weighted by atomic mass is 16.2. The lowest BCUT2D eigenvalue weighted by Gasteiger charge is -2.12. The average Bonchev–Trinajstić information content (AvgIpc) is 2.95. The molecule has 1 fully saturated rings. The van der Waals surface area contributed by atoms with E-state index in [1.165, 1.54) is 19.9 Å². The molecule has 4 heteroatoms. The molecule has 0 aromatic rings. The summed E-state index contributed by atoms with van der Waals surface area (Å²) in [6, 6.07) is -0.299. The first-order valence-electron chi connectivity index (χ1n) is 4.62. The van der Waals surface area contributed by atoms with Crippen LogP contribution in [-0.2, 0) is 9.59 Å². The Balaban J connectivity index is 2.43. The minimum atomic E-state index is -0.500. The molecule has 2 N–H and O–H groups in total. The lowest BCUT2D eigenvalue weighted by Crippen LogP contribution is -2.43. The van der Waals surface area contributed by atoms with Gasteiger partial charge in [0.25, 0.3) is 5.91 Å². The molecule has 0 bridgehead atoms. The molecule has 0 aromatic carbocycles. The molecular weight excluding hydrogens is 168 g/mol. The lowest BCUT2D eigenvalue weighted by molar-refractivity contribution is -0.138. The molecule has 1 unspecified atom stereocenters. The van der Waals surface area contributed by atoms with E-state index >= 15 is 0 Å². The first kappa shape index (κ1) is 10.2. The highest BCUT2D eigenvalue weighted by Gasteiger charge is 2.30. The van der Waals surface area contributed by atoms with Gasteiger partial charge in [-0.2, -0.15) is 0 Å². The van der Waals surface area contributed by atoms with Gasteiger partial charge in [0.2, 0.25) is 5.78 Å². The Labute approximate surface area is 78.1 Å². The van der Waals surface area contributed by atoms with Gasteiger partial charge in [-0.15, -0.1) is 0 Å². The van der Waals surface area contributed by atoms with Crippen LogP contribution < -0.4 is 10.6 Å². The predicted octanol–water partition coefficient (Wildman–Crippen LogP) is -0.310. The Hall–Kier alpha value is -0.900. The lowest BCUT2D eigenvalue weighted by atomic mass is 10.1. The van der Waals surface area contributed by atoms with Crippen LogP contribution in [0.3, 0.4) is 0 Å². The van der Waals surface area contributed by atoms with Crippen LogP contribution in [0.15, 0.2) is 0 Å². The summed E-state index contributed by atoms with van der Waals surface area (Å²) in [6.45, 7) is 0. The summed E-state index contributed by atoms with van der Waals surface area (Å²) in [5, 5.41) is 5.22. The van der Waals surface area contributed by atoms with Crippen LogP contribution in [0.1, 0.15) is 19.3 Å². The van der Waals surface area contributed by atoms with E-state index in [1.807, 2.05) is 0 Å². The minimum absolute atomic E-state index is 0.299. The number of rotatable bonds is 5. The maximum Gasteiger partial charge on any atom is 0.288 e. The van der Waals surface area contributed by atoms with Crippen molar-refractivity contribution in [3.8, 4) is 0 Å². The molecule has 0 heterocycles. The van der Waals surface area contributed by atoms with Gasteiger partial charge in [0, 0.05) is 7.05 Å². The van der Waals surface area contributed by atoms with Crippen molar-refractivity contribution >= 4 is 11.7 Å². The molecule has 0 saturated heterocycles. The van der Waals surface area contributed by atoms with E-state index in [-0.39, 0.29) is 11.8 Å². The monoisotopic (exact) mass is 184 g/mol. The SMILES string of the molecule is CNC(=O)C(=O)C(CC1CC1)NC. The molecule has 0 radical (unpaired) electrons. The fourth-order valence-electron chi connectivity index (χ4n) is 1.32. The molecule has 0 aromatic heterocycles. The zero-order valence-electron chi connectivity index (χ0n) is 8.09. The number of amides is 1. The van der Waals surface area contributed by atoms with Crippen molar-refractivity contribution < 1.29 is 9.59 Å². The van der Waals surface area contributed by atoms with E-state index in [0.717, 1.165) is 6.42 Å². The third kappa shape index (κ3) is 2.81. The third-order valence-corrected chi connectivity index (χ3v) is 2.38.